The fraction of sp³-hybridized carbons (Fsp3) is 0.588. The molecular formula is C17H26N4. The number of hydrogen-bond acceptors (Lipinski definition) is 3. The standard InChI is InChI=1S/C17H26N4/c1-3-10-18-12-14-7-6-11-21(14)13-16-15-8-4-5-9-17(15)20(2)19-16/h4-5,8-9,14,18H,3,6-7,10-13H2,1-2H3. The number of rotatable bonds is 6. The van der Waals surface area contributed by atoms with Crippen molar-refractivity contribution < 1.29 is 0 Å². The molecule has 1 aromatic heterocycles. The summed E-state index contributed by atoms with van der Waals surface area (Å²) in [6.45, 7) is 6.62. The lowest BCUT2D eigenvalue weighted by atomic mass is 10.2. The minimum Gasteiger partial charge on any atom is -0.315 e. The average molecular weight is 286 g/mol. The second-order valence-electron chi connectivity index (χ2n) is 6.06. The summed E-state index contributed by atoms with van der Waals surface area (Å²) in [6.07, 6.45) is 3.82. The van der Waals surface area contributed by atoms with E-state index >= 15 is 0 Å². The summed E-state index contributed by atoms with van der Waals surface area (Å²) in [5.41, 5.74) is 2.45. The van der Waals surface area contributed by atoms with Gasteiger partial charge in [0.2, 0.25) is 0 Å². The van der Waals surface area contributed by atoms with Gasteiger partial charge in [-0.2, -0.15) is 5.10 Å². The Bertz CT molecular complexity index is 589. The topological polar surface area (TPSA) is 33.1 Å². The molecule has 1 saturated heterocycles. The molecule has 0 amide bonds. The zero-order valence-corrected chi connectivity index (χ0v) is 13.2. The molecule has 3 rings (SSSR count). The Kier molecular flexibility index (Phi) is 4.56. The quantitative estimate of drug-likeness (QED) is 0.828. The maximum absolute atomic E-state index is 4.74. The van der Waals surface area contributed by atoms with Crippen LogP contribution in [0.15, 0.2) is 24.3 Å². The van der Waals surface area contributed by atoms with Gasteiger partial charge in [-0.1, -0.05) is 25.1 Å². The zero-order chi connectivity index (χ0) is 14.7. The van der Waals surface area contributed by atoms with E-state index in [0.29, 0.717) is 6.04 Å². The molecule has 4 heteroatoms. The Morgan fingerprint density at radius 3 is 3.05 bits per heavy atom. The Balaban J connectivity index is 1.72. The molecule has 1 fully saturated rings. The predicted octanol–water partition coefficient (Wildman–Crippen LogP) is 2.54. The van der Waals surface area contributed by atoms with Crippen LogP contribution in [0, 0.1) is 0 Å². The molecule has 0 saturated carbocycles. The van der Waals surface area contributed by atoms with E-state index in [0.717, 1.165) is 19.6 Å². The smallest absolute Gasteiger partial charge is 0.0843 e. The largest absolute Gasteiger partial charge is 0.315 e. The van der Waals surface area contributed by atoms with Crippen LogP contribution in [-0.2, 0) is 13.6 Å². The van der Waals surface area contributed by atoms with Crippen molar-refractivity contribution in [2.45, 2.75) is 38.8 Å². The maximum Gasteiger partial charge on any atom is 0.0843 e. The van der Waals surface area contributed by atoms with Gasteiger partial charge in [0.25, 0.3) is 0 Å². The lowest BCUT2D eigenvalue weighted by molar-refractivity contribution is 0.237. The first-order valence-corrected chi connectivity index (χ1v) is 8.15. The Hall–Kier alpha value is -1.39. The van der Waals surface area contributed by atoms with E-state index in [1.165, 1.54) is 42.4 Å². The average Bonchev–Trinajstić information content (AvgIpc) is 3.06. The Labute approximate surface area is 127 Å². The third-order valence-electron chi connectivity index (χ3n) is 4.49. The monoisotopic (exact) mass is 286 g/mol. The van der Waals surface area contributed by atoms with Crippen LogP contribution in [0.5, 0.6) is 0 Å². The van der Waals surface area contributed by atoms with Gasteiger partial charge >= 0.3 is 0 Å². The molecule has 1 unspecified atom stereocenters. The number of nitrogens with one attached hydrogen (secondary N) is 1. The number of benzene rings is 1. The van der Waals surface area contributed by atoms with Crippen LogP contribution in [0.3, 0.4) is 0 Å². The number of likely N-dealkylation sites (tertiary alicyclic amines) is 1. The molecule has 0 spiro atoms. The van der Waals surface area contributed by atoms with Gasteiger partial charge in [-0.05, 0) is 38.4 Å². The second-order valence-corrected chi connectivity index (χ2v) is 6.06. The summed E-state index contributed by atoms with van der Waals surface area (Å²) < 4.78 is 2.01. The van der Waals surface area contributed by atoms with E-state index in [1.807, 2.05) is 11.7 Å². The molecule has 4 nitrogen and oxygen atoms in total. The molecule has 21 heavy (non-hydrogen) atoms. The molecule has 1 aliphatic rings. The van der Waals surface area contributed by atoms with Gasteiger partial charge in [0.15, 0.2) is 0 Å². The highest BCUT2D eigenvalue weighted by Gasteiger charge is 2.25. The molecular weight excluding hydrogens is 260 g/mol. The van der Waals surface area contributed by atoms with E-state index < -0.39 is 0 Å². The van der Waals surface area contributed by atoms with Crippen LogP contribution in [-0.4, -0.2) is 40.4 Å². The van der Waals surface area contributed by atoms with Crippen molar-refractivity contribution in [2.24, 2.45) is 7.05 Å². The van der Waals surface area contributed by atoms with E-state index in [2.05, 4.69) is 41.4 Å². The van der Waals surface area contributed by atoms with Crippen molar-refractivity contribution >= 4 is 10.9 Å². The van der Waals surface area contributed by atoms with Crippen LogP contribution in [0.1, 0.15) is 31.9 Å². The minimum absolute atomic E-state index is 0.664. The number of para-hydroxylation sites is 1. The summed E-state index contributed by atoms with van der Waals surface area (Å²) >= 11 is 0. The van der Waals surface area contributed by atoms with E-state index in [1.54, 1.807) is 0 Å². The van der Waals surface area contributed by atoms with Crippen molar-refractivity contribution in [1.82, 2.24) is 20.0 Å². The van der Waals surface area contributed by atoms with E-state index in [4.69, 9.17) is 5.10 Å². The Morgan fingerprint density at radius 2 is 2.19 bits per heavy atom. The van der Waals surface area contributed by atoms with Gasteiger partial charge in [0.05, 0.1) is 11.2 Å². The molecule has 1 N–H and O–H groups in total. The van der Waals surface area contributed by atoms with Crippen LogP contribution in [0.25, 0.3) is 10.9 Å². The van der Waals surface area contributed by atoms with Gasteiger partial charge in [0.1, 0.15) is 0 Å². The van der Waals surface area contributed by atoms with E-state index in [-0.39, 0.29) is 0 Å². The van der Waals surface area contributed by atoms with Gasteiger partial charge < -0.3 is 5.32 Å². The summed E-state index contributed by atoms with van der Waals surface area (Å²) in [7, 11) is 2.04. The second kappa shape index (κ2) is 6.58. The lowest BCUT2D eigenvalue weighted by Crippen LogP contribution is -2.37. The summed E-state index contributed by atoms with van der Waals surface area (Å²) in [6, 6.07) is 9.20. The minimum atomic E-state index is 0.664. The summed E-state index contributed by atoms with van der Waals surface area (Å²) in [4.78, 5) is 2.59. The molecule has 114 valence electrons. The van der Waals surface area contributed by atoms with Gasteiger partial charge in [0, 0.05) is 31.6 Å². The number of hydrogen-bond donors (Lipinski definition) is 1. The first-order chi connectivity index (χ1) is 10.3. The molecule has 1 atom stereocenters. The van der Waals surface area contributed by atoms with Crippen molar-refractivity contribution in [1.29, 1.82) is 0 Å². The number of aromatic nitrogens is 2. The third-order valence-corrected chi connectivity index (χ3v) is 4.49. The maximum atomic E-state index is 4.74. The SMILES string of the molecule is CCCNCC1CCCN1Cc1nn(C)c2ccccc12. The summed E-state index contributed by atoms with van der Waals surface area (Å²) in [5, 5.41) is 9.60. The Morgan fingerprint density at radius 1 is 1.33 bits per heavy atom. The highest BCUT2D eigenvalue weighted by Crippen LogP contribution is 2.23. The van der Waals surface area contributed by atoms with Crippen molar-refractivity contribution in [3.05, 3.63) is 30.0 Å². The van der Waals surface area contributed by atoms with Crippen molar-refractivity contribution in [2.75, 3.05) is 19.6 Å². The van der Waals surface area contributed by atoms with Crippen LogP contribution < -0.4 is 5.32 Å². The molecule has 2 aromatic rings. The van der Waals surface area contributed by atoms with Crippen LogP contribution in [0.2, 0.25) is 0 Å². The van der Waals surface area contributed by atoms with E-state index in [9.17, 15) is 0 Å². The molecule has 0 bridgehead atoms. The molecule has 0 aliphatic carbocycles. The van der Waals surface area contributed by atoms with Crippen molar-refractivity contribution in [3.63, 3.8) is 0 Å². The molecule has 1 aromatic carbocycles. The lowest BCUT2D eigenvalue weighted by Gasteiger charge is -2.24. The highest BCUT2D eigenvalue weighted by molar-refractivity contribution is 5.81. The highest BCUT2D eigenvalue weighted by atomic mass is 15.3. The number of nitrogens with zero attached hydrogens (tertiary/aromatic N) is 3. The van der Waals surface area contributed by atoms with Crippen LogP contribution >= 0.6 is 0 Å². The number of aryl methyl sites for hydroxylation is 1. The first kappa shape index (κ1) is 14.5. The van der Waals surface area contributed by atoms with Crippen LogP contribution in [0.4, 0.5) is 0 Å². The predicted molar refractivity (Wildman–Crippen MR) is 87.3 cm³/mol. The van der Waals surface area contributed by atoms with Gasteiger partial charge in [-0.3, -0.25) is 9.58 Å². The van der Waals surface area contributed by atoms with Gasteiger partial charge in [-0.25, -0.2) is 0 Å². The zero-order valence-electron chi connectivity index (χ0n) is 13.2. The molecule has 0 radical (unpaired) electrons. The number of fused-ring (bicyclic) bond motifs is 1. The molecule has 2 heterocycles. The first-order valence-electron chi connectivity index (χ1n) is 8.15. The molecule has 1 aliphatic heterocycles. The fourth-order valence-electron chi connectivity index (χ4n) is 3.38. The fourth-order valence-corrected chi connectivity index (χ4v) is 3.38. The van der Waals surface area contributed by atoms with Gasteiger partial charge in [-0.15, -0.1) is 0 Å². The van der Waals surface area contributed by atoms with Crippen molar-refractivity contribution in [3.8, 4) is 0 Å². The normalized spacial score (nSPS) is 19.6. The third kappa shape index (κ3) is 3.11. The summed E-state index contributed by atoms with van der Waals surface area (Å²) in [5.74, 6) is 0.